The summed E-state index contributed by atoms with van der Waals surface area (Å²) in [5.41, 5.74) is 1.28. The van der Waals surface area contributed by atoms with Crippen molar-refractivity contribution in [2.24, 2.45) is 0 Å². The molecule has 2 aromatic carbocycles. The maximum Gasteiger partial charge on any atom is 0.416 e. The molecule has 0 aliphatic carbocycles. The number of para-hydroxylation sites is 1. The number of hydrogen-bond acceptors (Lipinski definition) is 5. The number of rotatable bonds is 6. The molecule has 8 heteroatoms. The van der Waals surface area contributed by atoms with Crippen molar-refractivity contribution >= 4 is 17.5 Å². The molecule has 1 atom stereocenters. The maximum atomic E-state index is 12.8. The third-order valence-corrected chi connectivity index (χ3v) is 4.12. The van der Waals surface area contributed by atoms with Gasteiger partial charge in [-0.1, -0.05) is 30.3 Å². The van der Waals surface area contributed by atoms with Gasteiger partial charge in [-0.2, -0.15) is 18.2 Å². The lowest BCUT2D eigenvalue weighted by atomic mass is 10.1. The molecule has 0 fully saturated rings. The maximum absolute atomic E-state index is 12.8. The van der Waals surface area contributed by atoms with E-state index in [4.69, 9.17) is 0 Å². The molecule has 1 unspecified atom stereocenters. The second-order valence-electron chi connectivity index (χ2n) is 6.23. The summed E-state index contributed by atoms with van der Waals surface area (Å²) in [6, 6.07) is 13.9. The van der Waals surface area contributed by atoms with Crippen LogP contribution in [0.3, 0.4) is 0 Å². The minimum atomic E-state index is -4.45. The van der Waals surface area contributed by atoms with Crippen molar-refractivity contribution in [3.63, 3.8) is 0 Å². The molecule has 0 aliphatic heterocycles. The molecule has 0 saturated carbocycles. The number of alkyl halides is 3. The molecule has 1 heterocycles. The van der Waals surface area contributed by atoms with Crippen molar-refractivity contribution in [2.45, 2.75) is 19.2 Å². The van der Waals surface area contributed by atoms with Crippen LogP contribution in [0.25, 0.3) is 0 Å². The highest BCUT2D eigenvalue weighted by Gasteiger charge is 2.30. The van der Waals surface area contributed by atoms with Gasteiger partial charge >= 0.3 is 6.18 Å². The predicted octanol–water partition coefficient (Wildman–Crippen LogP) is 4.69. The summed E-state index contributed by atoms with van der Waals surface area (Å²) >= 11 is 0. The van der Waals surface area contributed by atoms with Gasteiger partial charge in [-0.15, -0.1) is 0 Å². The average Bonchev–Trinajstić information content (AvgIpc) is 2.68. The third kappa shape index (κ3) is 4.98. The number of nitrogens with zero attached hydrogens (tertiary/aromatic N) is 2. The van der Waals surface area contributed by atoms with Crippen LogP contribution in [0, 0.1) is 6.92 Å². The fourth-order valence-electron chi connectivity index (χ4n) is 2.59. The lowest BCUT2D eigenvalue weighted by Crippen LogP contribution is -2.14. The minimum absolute atomic E-state index is 0.00211. The number of aliphatic hydroxyl groups excluding tert-OH is 1. The zero-order valence-electron chi connectivity index (χ0n) is 15.0. The Morgan fingerprint density at radius 1 is 1.07 bits per heavy atom. The van der Waals surface area contributed by atoms with E-state index in [0.717, 1.165) is 23.4 Å². The molecule has 0 saturated heterocycles. The fourth-order valence-corrected chi connectivity index (χ4v) is 2.59. The molecule has 28 heavy (non-hydrogen) atoms. The van der Waals surface area contributed by atoms with Crippen molar-refractivity contribution in [3.8, 4) is 0 Å². The van der Waals surface area contributed by atoms with Crippen LogP contribution in [0.1, 0.15) is 22.8 Å². The lowest BCUT2D eigenvalue weighted by molar-refractivity contribution is -0.137. The lowest BCUT2D eigenvalue weighted by Gasteiger charge is -2.15. The molecule has 3 aromatic rings. The van der Waals surface area contributed by atoms with E-state index >= 15 is 0 Å². The van der Waals surface area contributed by atoms with E-state index < -0.39 is 17.8 Å². The highest BCUT2D eigenvalue weighted by Crippen LogP contribution is 2.30. The first-order valence-electron chi connectivity index (χ1n) is 8.58. The number of benzene rings is 2. The first kappa shape index (κ1) is 19.6. The zero-order valence-corrected chi connectivity index (χ0v) is 15.0. The van der Waals surface area contributed by atoms with Crippen LogP contribution in [0.4, 0.5) is 30.6 Å². The molecule has 0 aliphatic rings. The van der Waals surface area contributed by atoms with E-state index in [1.807, 2.05) is 31.2 Å². The van der Waals surface area contributed by atoms with Gasteiger partial charge in [-0.3, -0.25) is 0 Å². The summed E-state index contributed by atoms with van der Waals surface area (Å²) in [6.45, 7) is 1.96. The normalized spacial score (nSPS) is 12.5. The van der Waals surface area contributed by atoms with Crippen LogP contribution < -0.4 is 10.6 Å². The van der Waals surface area contributed by atoms with E-state index in [9.17, 15) is 18.3 Å². The van der Waals surface area contributed by atoms with E-state index in [1.165, 1.54) is 12.1 Å². The van der Waals surface area contributed by atoms with Gasteiger partial charge in [0.15, 0.2) is 0 Å². The summed E-state index contributed by atoms with van der Waals surface area (Å²) in [7, 11) is 0. The topological polar surface area (TPSA) is 70.1 Å². The molecule has 3 N–H and O–H groups in total. The number of anilines is 3. The molecular weight excluding hydrogens is 369 g/mol. The van der Waals surface area contributed by atoms with Crippen LogP contribution in [0.15, 0.2) is 60.8 Å². The summed E-state index contributed by atoms with van der Waals surface area (Å²) < 4.78 is 38.4. The quantitative estimate of drug-likeness (QED) is 0.571. The Morgan fingerprint density at radius 3 is 2.61 bits per heavy atom. The predicted molar refractivity (Wildman–Crippen MR) is 101 cm³/mol. The van der Waals surface area contributed by atoms with Gasteiger partial charge in [0.1, 0.15) is 5.82 Å². The van der Waals surface area contributed by atoms with Gasteiger partial charge in [0.05, 0.1) is 11.7 Å². The van der Waals surface area contributed by atoms with E-state index in [-0.39, 0.29) is 12.1 Å². The van der Waals surface area contributed by atoms with Crippen molar-refractivity contribution in [1.29, 1.82) is 0 Å². The summed E-state index contributed by atoms with van der Waals surface area (Å²) in [4.78, 5) is 8.46. The third-order valence-electron chi connectivity index (χ3n) is 4.12. The molecule has 1 aromatic heterocycles. The number of hydrogen-bond donors (Lipinski definition) is 3. The molecule has 146 valence electrons. The van der Waals surface area contributed by atoms with Crippen molar-refractivity contribution in [1.82, 2.24) is 9.97 Å². The molecule has 3 rings (SSSR count). The van der Waals surface area contributed by atoms with Gasteiger partial charge in [0, 0.05) is 18.4 Å². The fraction of sp³-hybridized carbons (Fsp3) is 0.200. The molecule has 0 amide bonds. The van der Waals surface area contributed by atoms with Gasteiger partial charge < -0.3 is 15.7 Å². The van der Waals surface area contributed by atoms with Gasteiger partial charge in [0.25, 0.3) is 0 Å². The van der Waals surface area contributed by atoms with Crippen LogP contribution >= 0.6 is 0 Å². The number of nitrogens with one attached hydrogen (secondary N) is 2. The molecule has 0 spiro atoms. The first-order chi connectivity index (χ1) is 13.3. The molecule has 5 nitrogen and oxygen atoms in total. The summed E-state index contributed by atoms with van der Waals surface area (Å²) in [5, 5.41) is 16.2. The second kappa shape index (κ2) is 8.26. The minimum Gasteiger partial charge on any atom is -0.387 e. The van der Waals surface area contributed by atoms with E-state index in [1.54, 1.807) is 12.3 Å². The number of aliphatic hydroxyl groups is 1. The van der Waals surface area contributed by atoms with Gasteiger partial charge in [-0.05, 0) is 42.3 Å². The van der Waals surface area contributed by atoms with Crippen molar-refractivity contribution in [2.75, 3.05) is 17.2 Å². The molecule has 0 bridgehead atoms. The largest absolute Gasteiger partial charge is 0.416 e. The summed E-state index contributed by atoms with van der Waals surface area (Å²) in [5.74, 6) is 0.810. The Bertz CT molecular complexity index is 946. The smallest absolute Gasteiger partial charge is 0.387 e. The molecule has 0 radical (unpaired) electrons. The van der Waals surface area contributed by atoms with Crippen LogP contribution in [-0.4, -0.2) is 21.6 Å². The van der Waals surface area contributed by atoms with E-state index in [0.29, 0.717) is 11.8 Å². The Hall–Kier alpha value is -3.13. The first-order valence-corrected chi connectivity index (χ1v) is 8.58. The van der Waals surface area contributed by atoms with Crippen LogP contribution in [-0.2, 0) is 6.18 Å². The zero-order chi connectivity index (χ0) is 20.1. The number of halogens is 3. The van der Waals surface area contributed by atoms with Crippen LogP contribution in [0.5, 0.6) is 0 Å². The van der Waals surface area contributed by atoms with Crippen molar-refractivity contribution in [3.05, 3.63) is 77.5 Å². The Kier molecular flexibility index (Phi) is 5.79. The number of aryl methyl sites for hydroxylation is 1. The number of aromatic nitrogens is 2. The van der Waals surface area contributed by atoms with Gasteiger partial charge in [-0.25, -0.2) is 4.98 Å². The van der Waals surface area contributed by atoms with E-state index in [2.05, 4.69) is 20.6 Å². The Labute approximate surface area is 160 Å². The van der Waals surface area contributed by atoms with Gasteiger partial charge in [0.2, 0.25) is 5.95 Å². The highest BCUT2D eigenvalue weighted by atomic mass is 19.4. The average molecular weight is 388 g/mol. The monoisotopic (exact) mass is 388 g/mol. The second-order valence-corrected chi connectivity index (χ2v) is 6.23. The van der Waals surface area contributed by atoms with Crippen LogP contribution in [0.2, 0.25) is 0 Å². The standard InChI is InChI=1S/C20H19F3N4O/c1-13-5-2-3-8-16(13)26-19-24-10-9-18(27-19)25-12-17(28)14-6-4-7-15(11-14)20(21,22)23/h2-11,17,28H,12H2,1H3,(H2,24,25,26,27). The summed E-state index contributed by atoms with van der Waals surface area (Å²) in [6.07, 6.45) is -4.02. The Balaban J connectivity index is 1.66. The highest BCUT2D eigenvalue weighted by molar-refractivity contribution is 5.58. The Morgan fingerprint density at radius 2 is 1.86 bits per heavy atom. The molecular formula is C20H19F3N4O. The van der Waals surface area contributed by atoms with Crippen molar-refractivity contribution < 1.29 is 18.3 Å². The SMILES string of the molecule is Cc1ccccc1Nc1nccc(NCC(O)c2cccc(C(F)(F)F)c2)n1.